The number of carbonyl (C=O) groups excluding carboxylic acids is 1. The molecule has 0 aliphatic heterocycles. The van der Waals surface area contributed by atoms with Gasteiger partial charge in [0.2, 0.25) is 5.91 Å². The van der Waals surface area contributed by atoms with Crippen molar-refractivity contribution in [1.29, 1.82) is 0 Å². The summed E-state index contributed by atoms with van der Waals surface area (Å²) < 4.78 is 5.23. The fourth-order valence-corrected chi connectivity index (χ4v) is 2.31. The number of carbonyl (C=O) groups is 1. The molecule has 0 spiro atoms. The highest BCUT2D eigenvalue weighted by Crippen LogP contribution is 2.25. The van der Waals surface area contributed by atoms with Crippen LogP contribution in [0.4, 0.5) is 0 Å². The summed E-state index contributed by atoms with van der Waals surface area (Å²) in [5.74, 6) is 1.59. The van der Waals surface area contributed by atoms with Gasteiger partial charge < -0.3 is 9.32 Å². The molecule has 1 saturated carbocycles. The second-order valence-corrected chi connectivity index (χ2v) is 4.82. The molecule has 1 aromatic rings. The van der Waals surface area contributed by atoms with Gasteiger partial charge in [-0.1, -0.05) is 0 Å². The Morgan fingerprint density at radius 2 is 2.35 bits per heavy atom. The van der Waals surface area contributed by atoms with Crippen LogP contribution in [0, 0.1) is 0 Å². The molecule has 0 saturated heterocycles. The van der Waals surface area contributed by atoms with E-state index >= 15 is 0 Å². The summed E-state index contributed by atoms with van der Waals surface area (Å²) in [7, 11) is 0. The van der Waals surface area contributed by atoms with Gasteiger partial charge in [0.15, 0.2) is 0 Å². The standard InChI is InChI=1S/C13H18ClNO2/c14-8-9-15(11-3-1-4-11)13(16)7-6-12-5-2-10-17-12/h2,5,10-11H,1,3-4,6-9H2. The Bertz CT molecular complexity index is 346. The van der Waals surface area contributed by atoms with Crippen molar-refractivity contribution >= 4 is 17.5 Å². The molecule has 0 unspecified atom stereocenters. The highest BCUT2D eigenvalue weighted by Gasteiger charge is 2.27. The van der Waals surface area contributed by atoms with Crippen molar-refractivity contribution in [3.63, 3.8) is 0 Å². The van der Waals surface area contributed by atoms with Crippen LogP contribution >= 0.6 is 11.6 Å². The maximum Gasteiger partial charge on any atom is 0.223 e. The maximum absolute atomic E-state index is 12.1. The van der Waals surface area contributed by atoms with Crippen molar-refractivity contribution in [3.8, 4) is 0 Å². The largest absolute Gasteiger partial charge is 0.469 e. The molecule has 0 aromatic carbocycles. The molecule has 17 heavy (non-hydrogen) atoms. The lowest BCUT2D eigenvalue weighted by atomic mass is 9.91. The SMILES string of the molecule is O=C(CCc1ccco1)N(CCCl)C1CCC1. The molecule has 1 aliphatic rings. The lowest BCUT2D eigenvalue weighted by molar-refractivity contribution is -0.134. The molecule has 1 fully saturated rings. The first kappa shape index (κ1) is 12.5. The molecule has 2 rings (SSSR count). The van der Waals surface area contributed by atoms with Gasteiger partial charge >= 0.3 is 0 Å². The number of nitrogens with zero attached hydrogens (tertiary/aromatic N) is 1. The van der Waals surface area contributed by atoms with Gasteiger partial charge in [-0.3, -0.25) is 4.79 Å². The molecule has 0 bridgehead atoms. The molecule has 1 heterocycles. The van der Waals surface area contributed by atoms with Crippen LogP contribution in [0.25, 0.3) is 0 Å². The normalized spacial score (nSPS) is 15.6. The number of alkyl halides is 1. The third-order valence-corrected chi connectivity index (χ3v) is 3.50. The highest BCUT2D eigenvalue weighted by atomic mass is 35.5. The third-order valence-electron chi connectivity index (χ3n) is 3.33. The number of hydrogen-bond acceptors (Lipinski definition) is 2. The van der Waals surface area contributed by atoms with Crippen LogP contribution in [0.15, 0.2) is 22.8 Å². The minimum absolute atomic E-state index is 0.201. The maximum atomic E-state index is 12.1. The Morgan fingerprint density at radius 3 is 2.88 bits per heavy atom. The summed E-state index contributed by atoms with van der Waals surface area (Å²) in [6.07, 6.45) is 6.32. The minimum Gasteiger partial charge on any atom is -0.469 e. The van der Waals surface area contributed by atoms with Gasteiger partial charge in [0, 0.05) is 31.3 Å². The quantitative estimate of drug-likeness (QED) is 0.733. The first-order valence-corrected chi connectivity index (χ1v) is 6.72. The number of aryl methyl sites for hydroxylation is 1. The van der Waals surface area contributed by atoms with Crippen LogP contribution in [0.1, 0.15) is 31.4 Å². The first-order valence-electron chi connectivity index (χ1n) is 6.19. The molecule has 4 heteroatoms. The van der Waals surface area contributed by atoms with Gasteiger partial charge in [0.05, 0.1) is 6.26 Å². The van der Waals surface area contributed by atoms with Crippen LogP contribution in [0.3, 0.4) is 0 Å². The Morgan fingerprint density at radius 1 is 1.53 bits per heavy atom. The van der Waals surface area contributed by atoms with E-state index in [-0.39, 0.29) is 5.91 Å². The predicted molar refractivity (Wildman–Crippen MR) is 67.1 cm³/mol. The summed E-state index contributed by atoms with van der Waals surface area (Å²) in [5.41, 5.74) is 0. The molecule has 1 aliphatic carbocycles. The average Bonchev–Trinajstić information content (AvgIpc) is 2.75. The Balaban J connectivity index is 1.83. The molecular weight excluding hydrogens is 238 g/mol. The van der Waals surface area contributed by atoms with E-state index in [1.807, 2.05) is 17.0 Å². The van der Waals surface area contributed by atoms with E-state index in [4.69, 9.17) is 16.0 Å². The van der Waals surface area contributed by atoms with E-state index in [1.165, 1.54) is 6.42 Å². The van der Waals surface area contributed by atoms with Gasteiger partial charge in [-0.25, -0.2) is 0 Å². The zero-order valence-electron chi connectivity index (χ0n) is 9.90. The van der Waals surface area contributed by atoms with E-state index in [0.717, 1.165) is 18.6 Å². The second-order valence-electron chi connectivity index (χ2n) is 4.44. The molecule has 1 aromatic heterocycles. The zero-order chi connectivity index (χ0) is 12.1. The molecule has 0 atom stereocenters. The lowest BCUT2D eigenvalue weighted by Gasteiger charge is -2.37. The summed E-state index contributed by atoms with van der Waals surface area (Å²) in [5, 5.41) is 0. The molecule has 0 N–H and O–H groups in total. The predicted octanol–water partition coefficient (Wildman–Crippen LogP) is 2.83. The van der Waals surface area contributed by atoms with E-state index in [9.17, 15) is 4.79 Å². The summed E-state index contributed by atoms with van der Waals surface area (Å²) in [6.45, 7) is 0.670. The number of amides is 1. The monoisotopic (exact) mass is 255 g/mol. The van der Waals surface area contributed by atoms with Gasteiger partial charge in [0.1, 0.15) is 5.76 Å². The van der Waals surface area contributed by atoms with E-state index < -0.39 is 0 Å². The zero-order valence-corrected chi connectivity index (χ0v) is 10.7. The van der Waals surface area contributed by atoms with Crippen molar-refractivity contribution in [2.75, 3.05) is 12.4 Å². The van der Waals surface area contributed by atoms with Crippen LogP contribution in [0.2, 0.25) is 0 Å². The van der Waals surface area contributed by atoms with Crippen molar-refractivity contribution in [1.82, 2.24) is 4.90 Å². The van der Waals surface area contributed by atoms with Gasteiger partial charge in [-0.15, -0.1) is 11.6 Å². The summed E-state index contributed by atoms with van der Waals surface area (Å²) in [6, 6.07) is 4.18. The van der Waals surface area contributed by atoms with Gasteiger partial charge in [-0.05, 0) is 31.4 Å². The van der Waals surface area contributed by atoms with Gasteiger partial charge in [0.25, 0.3) is 0 Å². The van der Waals surface area contributed by atoms with Crippen LogP contribution in [-0.4, -0.2) is 29.3 Å². The highest BCUT2D eigenvalue weighted by molar-refractivity contribution is 6.18. The van der Waals surface area contributed by atoms with Crippen molar-refractivity contribution in [3.05, 3.63) is 24.2 Å². The van der Waals surface area contributed by atoms with Crippen molar-refractivity contribution in [2.45, 2.75) is 38.1 Å². The Labute approximate surface area is 107 Å². The number of hydrogen-bond donors (Lipinski definition) is 0. The topological polar surface area (TPSA) is 33.5 Å². The summed E-state index contributed by atoms with van der Waals surface area (Å²) >= 11 is 5.75. The second kappa shape index (κ2) is 6.10. The number of furan rings is 1. The molecule has 94 valence electrons. The van der Waals surface area contributed by atoms with Crippen molar-refractivity contribution in [2.24, 2.45) is 0 Å². The minimum atomic E-state index is 0.201. The third kappa shape index (κ3) is 3.25. The van der Waals surface area contributed by atoms with Crippen LogP contribution < -0.4 is 0 Å². The summed E-state index contributed by atoms with van der Waals surface area (Å²) in [4.78, 5) is 14.0. The van der Waals surface area contributed by atoms with Gasteiger partial charge in [-0.2, -0.15) is 0 Å². The Hall–Kier alpha value is -0.960. The van der Waals surface area contributed by atoms with E-state index in [1.54, 1.807) is 6.26 Å². The smallest absolute Gasteiger partial charge is 0.223 e. The number of halogens is 1. The fourth-order valence-electron chi connectivity index (χ4n) is 2.13. The van der Waals surface area contributed by atoms with Crippen LogP contribution in [0.5, 0.6) is 0 Å². The Kier molecular flexibility index (Phi) is 4.49. The van der Waals surface area contributed by atoms with Crippen molar-refractivity contribution < 1.29 is 9.21 Å². The first-order chi connectivity index (χ1) is 8.31. The van der Waals surface area contributed by atoms with Crippen LogP contribution in [-0.2, 0) is 11.2 Å². The number of rotatable bonds is 6. The average molecular weight is 256 g/mol. The molecule has 0 radical (unpaired) electrons. The molecule has 1 amide bonds. The lowest BCUT2D eigenvalue weighted by Crippen LogP contribution is -2.45. The molecule has 3 nitrogen and oxygen atoms in total. The van der Waals surface area contributed by atoms with E-state index in [2.05, 4.69) is 0 Å². The fraction of sp³-hybridized carbons (Fsp3) is 0.615. The van der Waals surface area contributed by atoms with E-state index in [0.29, 0.717) is 31.3 Å². The molecular formula is C13H18ClNO2.